The van der Waals surface area contributed by atoms with Gasteiger partial charge < -0.3 is 10.1 Å². The monoisotopic (exact) mass is 235 g/mol. The molecule has 92 valence electrons. The van der Waals surface area contributed by atoms with Gasteiger partial charge in [-0.2, -0.15) is 0 Å². The highest BCUT2D eigenvalue weighted by atomic mass is 16.5. The summed E-state index contributed by atoms with van der Waals surface area (Å²) in [6.45, 7) is 1.94. The van der Waals surface area contributed by atoms with Gasteiger partial charge in [0.25, 0.3) is 0 Å². The molecule has 0 spiro atoms. The number of nitrogens with one attached hydrogen (secondary N) is 1. The van der Waals surface area contributed by atoms with Gasteiger partial charge in [0.15, 0.2) is 0 Å². The Kier molecular flexibility index (Phi) is 5.79. The molecule has 0 aliphatic rings. The number of hydrogen-bond donors (Lipinski definition) is 1. The Morgan fingerprint density at radius 3 is 2.59 bits per heavy atom. The van der Waals surface area contributed by atoms with Gasteiger partial charge in [-0.1, -0.05) is 30.3 Å². The summed E-state index contributed by atoms with van der Waals surface area (Å²) in [6.07, 6.45) is 1.17. The molecule has 1 aromatic carbocycles. The first kappa shape index (κ1) is 13.2. The fraction of sp³-hybridized carbons (Fsp3) is 0.385. The molecule has 0 heterocycles. The molecule has 4 heteroatoms. The lowest BCUT2D eigenvalue weighted by Crippen LogP contribution is -2.27. The SMILES string of the molecule is CC(=O)OCCNC(=O)CCc1ccccc1. The van der Waals surface area contributed by atoms with E-state index in [1.54, 1.807) is 0 Å². The zero-order valence-corrected chi connectivity index (χ0v) is 9.94. The summed E-state index contributed by atoms with van der Waals surface area (Å²) < 4.78 is 4.70. The van der Waals surface area contributed by atoms with E-state index in [2.05, 4.69) is 5.32 Å². The van der Waals surface area contributed by atoms with E-state index in [1.165, 1.54) is 6.92 Å². The van der Waals surface area contributed by atoms with Crippen molar-refractivity contribution in [1.82, 2.24) is 5.32 Å². The molecule has 0 aromatic heterocycles. The fourth-order valence-corrected chi connectivity index (χ4v) is 1.38. The predicted molar refractivity (Wildman–Crippen MR) is 64.4 cm³/mol. The molecule has 0 bridgehead atoms. The lowest BCUT2D eigenvalue weighted by atomic mass is 10.1. The highest BCUT2D eigenvalue weighted by Crippen LogP contribution is 2.01. The first-order valence-electron chi connectivity index (χ1n) is 5.62. The van der Waals surface area contributed by atoms with Crippen LogP contribution < -0.4 is 5.32 Å². The van der Waals surface area contributed by atoms with Crippen LogP contribution in [0.3, 0.4) is 0 Å². The number of benzene rings is 1. The summed E-state index contributed by atoms with van der Waals surface area (Å²) in [5.41, 5.74) is 1.14. The third kappa shape index (κ3) is 6.35. The minimum Gasteiger partial charge on any atom is -0.464 e. The molecule has 0 saturated heterocycles. The number of rotatable bonds is 6. The van der Waals surface area contributed by atoms with Crippen molar-refractivity contribution in [3.8, 4) is 0 Å². The normalized spacial score (nSPS) is 9.71. The largest absolute Gasteiger partial charge is 0.464 e. The molecule has 1 aromatic rings. The van der Waals surface area contributed by atoms with E-state index in [4.69, 9.17) is 4.74 Å². The Labute approximate surface area is 101 Å². The lowest BCUT2D eigenvalue weighted by Gasteiger charge is -2.05. The number of amides is 1. The number of hydrogen-bond acceptors (Lipinski definition) is 3. The van der Waals surface area contributed by atoms with Crippen molar-refractivity contribution in [2.24, 2.45) is 0 Å². The molecule has 4 nitrogen and oxygen atoms in total. The molecule has 0 atom stereocenters. The second-order valence-corrected chi connectivity index (χ2v) is 3.68. The molecule has 0 aliphatic carbocycles. The Bertz CT molecular complexity index is 362. The van der Waals surface area contributed by atoms with E-state index in [9.17, 15) is 9.59 Å². The summed E-state index contributed by atoms with van der Waals surface area (Å²) in [6, 6.07) is 9.84. The molecule has 1 amide bonds. The van der Waals surface area contributed by atoms with Crippen molar-refractivity contribution in [1.29, 1.82) is 0 Å². The van der Waals surface area contributed by atoms with Crippen LogP contribution in [0.2, 0.25) is 0 Å². The highest BCUT2D eigenvalue weighted by molar-refractivity contribution is 5.76. The zero-order valence-electron chi connectivity index (χ0n) is 9.94. The van der Waals surface area contributed by atoms with Crippen molar-refractivity contribution in [2.75, 3.05) is 13.2 Å². The maximum absolute atomic E-state index is 11.4. The second-order valence-electron chi connectivity index (χ2n) is 3.68. The van der Waals surface area contributed by atoms with Gasteiger partial charge in [0, 0.05) is 13.3 Å². The summed E-state index contributed by atoms with van der Waals surface area (Å²) >= 11 is 0. The van der Waals surface area contributed by atoms with Gasteiger partial charge in [-0.25, -0.2) is 0 Å². The van der Waals surface area contributed by atoms with E-state index in [0.717, 1.165) is 12.0 Å². The van der Waals surface area contributed by atoms with Gasteiger partial charge in [-0.15, -0.1) is 0 Å². The average molecular weight is 235 g/mol. The molecule has 17 heavy (non-hydrogen) atoms. The van der Waals surface area contributed by atoms with Crippen LogP contribution in [0.5, 0.6) is 0 Å². The fourth-order valence-electron chi connectivity index (χ4n) is 1.38. The van der Waals surface area contributed by atoms with Crippen LogP contribution in [0, 0.1) is 0 Å². The van der Waals surface area contributed by atoms with Crippen molar-refractivity contribution < 1.29 is 14.3 Å². The van der Waals surface area contributed by atoms with Crippen molar-refractivity contribution in [2.45, 2.75) is 19.8 Å². The third-order valence-electron chi connectivity index (χ3n) is 2.21. The molecule has 0 aliphatic heterocycles. The molecule has 0 unspecified atom stereocenters. The molecule has 0 fully saturated rings. The van der Waals surface area contributed by atoms with E-state index in [1.807, 2.05) is 30.3 Å². The first-order valence-corrected chi connectivity index (χ1v) is 5.62. The number of carbonyl (C=O) groups excluding carboxylic acids is 2. The van der Waals surface area contributed by atoms with Crippen LogP contribution in [-0.4, -0.2) is 25.0 Å². The minimum absolute atomic E-state index is 0.0268. The van der Waals surface area contributed by atoms with Gasteiger partial charge in [-0.05, 0) is 12.0 Å². The van der Waals surface area contributed by atoms with Gasteiger partial charge in [0.05, 0.1) is 6.54 Å². The molecule has 0 radical (unpaired) electrons. The van der Waals surface area contributed by atoms with E-state index in [0.29, 0.717) is 13.0 Å². The van der Waals surface area contributed by atoms with Gasteiger partial charge in [0.1, 0.15) is 6.61 Å². The number of esters is 1. The smallest absolute Gasteiger partial charge is 0.302 e. The van der Waals surface area contributed by atoms with Crippen molar-refractivity contribution >= 4 is 11.9 Å². The predicted octanol–water partition coefficient (Wildman–Crippen LogP) is 1.30. The quantitative estimate of drug-likeness (QED) is 0.597. The molecular weight excluding hydrogens is 218 g/mol. The van der Waals surface area contributed by atoms with Crippen LogP contribution in [0.4, 0.5) is 0 Å². The van der Waals surface area contributed by atoms with Crippen LogP contribution in [0.25, 0.3) is 0 Å². The van der Waals surface area contributed by atoms with E-state index < -0.39 is 0 Å². The van der Waals surface area contributed by atoms with Crippen LogP contribution >= 0.6 is 0 Å². The summed E-state index contributed by atoms with van der Waals surface area (Å²) in [5.74, 6) is -0.357. The van der Waals surface area contributed by atoms with Gasteiger partial charge in [0.2, 0.25) is 5.91 Å². The minimum atomic E-state index is -0.330. The standard InChI is InChI=1S/C13H17NO3/c1-11(15)17-10-9-14-13(16)8-7-12-5-3-2-4-6-12/h2-6H,7-10H2,1H3,(H,14,16). The van der Waals surface area contributed by atoms with Crippen LogP contribution in [-0.2, 0) is 20.7 Å². The highest BCUT2D eigenvalue weighted by Gasteiger charge is 2.01. The average Bonchev–Trinajstić information content (AvgIpc) is 2.33. The van der Waals surface area contributed by atoms with E-state index in [-0.39, 0.29) is 18.5 Å². The Hall–Kier alpha value is -1.84. The van der Waals surface area contributed by atoms with Crippen LogP contribution in [0.15, 0.2) is 30.3 Å². The molecule has 0 saturated carbocycles. The first-order chi connectivity index (χ1) is 8.18. The molecule has 1 N–H and O–H groups in total. The van der Waals surface area contributed by atoms with Crippen molar-refractivity contribution in [3.05, 3.63) is 35.9 Å². The lowest BCUT2D eigenvalue weighted by molar-refractivity contribution is -0.141. The maximum Gasteiger partial charge on any atom is 0.302 e. The third-order valence-corrected chi connectivity index (χ3v) is 2.21. The molecule has 1 rings (SSSR count). The maximum atomic E-state index is 11.4. The topological polar surface area (TPSA) is 55.4 Å². The Morgan fingerprint density at radius 2 is 1.94 bits per heavy atom. The number of aryl methyl sites for hydroxylation is 1. The van der Waals surface area contributed by atoms with E-state index >= 15 is 0 Å². The van der Waals surface area contributed by atoms with Crippen molar-refractivity contribution in [3.63, 3.8) is 0 Å². The summed E-state index contributed by atoms with van der Waals surface area (Å²) in [4.78, 5) is 21.9. The summed E-state index contributed by atoms with van der Waals surface area (Å²) in [7, 11) is 0. The number of carbonyl (C=O) groups is 2. The second kappa shape index (κ2) is 7.44. The number of ether oxygens (including phenoxy) is 1. The zero-order chi connectivity index (χ0) is 12.5. The molecular formula is C13H17NO3. The van der Waals surface area contributed by atoms with Crippen LogP contribution in [0.1, 0.15) is 18.9 Å². The Morgan fingerprint density at radius 1 is 1.24 bits per heavy atom. The van der Waals surface area contributed by atoms with Gasteiger partial charge in [-0.3, -0.25) is 9.59 Å². The summed E-state index contributed by atoms with van der Waals surface area (Å²) in [5, 5.41) is 2.69. The Balaban J connectivity index is 2.11. The van der Waals surface area contributed by atoms with Gasteiger partial charge >= 0.3 is 5.97 Å².